The zero-order valence-electron chi connectivity index (χ0n) is 15.8. The molecular formula is C20H20ClN3O3S. The summed E-state index contributed by atoms with van der Waals surface area (Å²) in [7, 11) is 1.62. The maximum Gasteiger partial charge on any atom is 0.316 e. The van der Waals surface area contributed by atoms with Gasteiger partial charge in [0.15, 0.2) is 11.0 Å². The van der Waals surface area contributed by atoms with Crippen molar-refractivity contribution in [3.05, 3.63) is 53.6 Å². The van der Waals surface area contributed by atoms with Crippen molar-refractivity contribution in [2.24, 2.45) is 0 Å². The molecule has 146 valence electrons. The Bertz CT molecular complexity index is 958. The van der Waals surface area contributed by atoms with Crippen LogP contribution in [0.1, 0.15) is 13.8 Å². The number of ether oxygens (including phenoxy) is 2. The maximum absolute atomic E-state index is 11.9. The summed E-state index contributed by atoms with van der Waals surface area (Å²) in [5, 5.41) is 9.86. The molecule has 0 unspecified atom stereocenters. The second kappa shape index (κ2) is 9.12. The van der Waals surface area contributed by atoms with Crippen molar-refractivity contribution in [3.63, 3.8) is 0 Å². The highest BCUT2D eigenvalue weighted by atomic mass is 35.5. The molecule has 0 N–H and O–H groups in total. The lowest BCUT2D eigenvalue weighted by Crippen LogP contribution is -2.13. The lowest BCUT2D eigenvalue weighted by molar-refractivity contribution is -0.144. The molecule has 8 heteroatoms. The minimum Gasteiger partial charge on any atom is -0.497 e. The highest BCUT2D eigenvalue weighted by molar-refractivity contribution is 7.99. The van der Waals surface area contributed by atoms with E-state index in [0.29, 0.717) is 16.0 Å². The third-order valence-electron chi connectivity index (χ3n) is 3.73. The van der Waals surface area contributed by atoms with Crippen LogP contribution in [0.3, 0.4) is 0 Å². The van der Waals surface area contributed by atoms with Gasteiger partial charge in [-0.15, -0.1) is 10.2 Å². The number of aromatic nitrogens is 3. The van der Waals surface area contributed by atoms with Crippen LogP contribution in [0.15, 0.2) is 53.7 Å². The third-order valence-corrected chi connectivity index (χ3v) is 4.89. The van der Waals surface area contributed by atoms with E-state index in [4.69, 9.17) is 21.1 Å². The number of hydrogen-bond acceptors (Lipinski definition) is 6. The molecule has 1 heterocycles. The van der Waals surface area contributed by atoms with Crippen molar-refractivity contribution in [1.82, 2.24) is 14.8 Å². The molecule has 0 aliphatic carbocycles. The first-order valence-electron chi connectivity index (χ1n) is 8.66. The van der Waals surface area contributed by atoms with Crippen molar-refractivity contribution in [2.45, 2.75) is 25.1 Å². The molecule has 6 nitrogen and oxygen atoms in total. The van der Waals surface area contributed by atoms with Gasteiger partial charge in [-0.2, -0.15) is 0 Å². The number of methoxy groups -OCH3 is 1. The van der Waals surface area contributed by atoms with E-state index in [0.717, 1.165) is 17.0 Å². The number of hydrogen-bond donors (Lipinski definition) is 0. The predicted octanol–water partition coefficient (Wildman–Crippen LogP) is 4.64. The summed E-state index contributed by atoms with van der Waals surface area (Å²) in [5.41, 5.74) is 1.69. The standard InChI is InChI=1S/C20H20ClN3O3S/c1-13(2)27-18(25)12-28-20-23-22-19(14-5-4-6-17(11-14)26-3)24(20)16-9-7-15(21)8-10-16/h4-11,13H,12H2,1-3H3. The number of benzene rings is 2. The largest absolute Gasteiger partial charge is 0.497 e. The summed E-state index contributed by atoms with van der Waals surface area (Å²) in [5.74, 6) is 1.20. The minimum absolute atomic E-state index is 0.141. The van der Waals surface area contributed by atoms with E-state index in [2.05, 4.69) is 10.2 Å². The number of carbonyl (C=O) groups is 1. The van der Waals surface area contributed by atoms with Gasteiger partial charge in [0.2, 0.25) is 0 Å². The zero-order chi connectivity index (χ0) is 20.1. The fourth-order valence-electron chi connectivity index (χ4n) is 2.56. The number of thioether (sulfide) groups is 1. The molecule has 0 radical (unpaired) electrons. The van der Waals surface area contributed by atoms with Crippen molar-refractivity contribution >= 4 is 29.3 Å². The van der Waals surface area contributed by atoms with Crippen LogP contribution in [0.4, 0.5) is 0 Å². The van der Waals surface area contributed by atoms with Gasteiger partial charge in [-0.05, 0) is 50.2 Å². The summed E-state index contributed by atoms with van der Waals surface area (Å²) in [6, 6.07) is 14.9. The van der Waals surface area contributed by atoms with Gasteiger partial charge in [0.1, 0.15) is 5.75 Å². The Labute approximate surface area is 172 Å². The molecule has 28 heavy (non-hydrogen) atoms. The van der Waals surface area contributed by atoms with Gasteiger partial charge in [-0.1, -0.05) is 35.5 Å². The summed E-state index contributed by atoms with van der Waals surface area (Å²) in [6.45, 7) is 3.64. The summed E-state index contributed by atoms with van der Waals surface area (Å²) in [4.78, 5) is 11.9. The molecule has 0 fully saturated rings. The van der Waals surface area contributed by atoms with Gasteiger partial charge in [-0.3, -0.25) is 9.36 Å². The molecule has 0 amide bonds. The van der Waals surface area contributed by atoms with E-state index in [1.165, 1.54) is 11.8 Å². The predicted molar refractivity (Wildman–Crippen MR) is 110 cm³/mol. The Balaban J connectivity index is 1.99. The molecule has 1 aromatic heterocycles. The average molecular weight is 418 g/mol. The van der Waals surface area contributed by atoms with E-state index >= 15 is 0 Å². The molecule has 3 aromatic rings. The monoisotopic (exact) mass is 417 g/mol. The molecule has 2 aromatic carbocycles. The quantitative estimate of drug-likeness (QED) is 0.412. The normalized spacial score (nSPS) is 10.9. The van der Waals surface area contributed by atoms with Gasteiger partial charge in [0.25, 0.3) is 0 Å². The highest BCUT2D eigenvalue weighted by Crippen LogP contribution is 2.30. The van der Waals surface area contributed by atoms with E-state index in [-0.39, 0.29) is 17.8 Å². The number of halogens is 1. The zero-order valence-corrected chi connectivity index (χ0v) is 17.3. The smallest absolute Gasteiger partial charge is 0.316 e. The highest BCUT2D eigenvalue weighted by Gasteiger charge is 2.18. The second-order valence-electron chi connectivity index (χ2n) is 6.18. The Hall–Kier alpha value is -2.51. The minimum atomic E-state index is -0.298. The molecule has 0 bridgehead atoms. The number of nitrogens with zero attached hydrogens (tertiary/aromatic N) is 3. The van der Waals surface area contributed by atoms with Crippen LogP contribution in [-0.4, -0.2) is 39.7 Å². The maximum atomic E-state index is 11.9. The fourth-order valence-corrected chi connectivity index (χ4v) is 3.42. The Morgan fingerprint density at radius 1 is 1.18 bits per heavy atom. The topological polar surface area (TPSA) is 66.2 Å². The lowest BCUT2D eigenvalue weighted by Gasteiger charge is -2.11. The molecular weight excluding hydrogens is 398 g/mol. The van der Waals surface area contributed by atoms with E-state index in [1.54, 1.807) is 19.2 Å². The molecule has 0 aliphatic heterocycles. The van der Waals surface area contributed by atoms with Crippen LogP contribution in [0.5, 0.6) is 5.75 Å². The van der Waals surface area contributed by atoms with Crippen LogP contribution in [0.2, 0.25) is 5.02 Å². The Morgan fingerprint density at radius 3 is 2.61 bits per heavy atom. The van der Waals surface area contributed by atoms with Crippen molar-refractivity contribution in [2.75, 3.05) is 12.9 Å². The van der Waals surface area contributed by atoms with Gasteiger partial charge in [0.05, 0.1) is 19.0 Å². The first-order chi connectivity index (χ1) is 13.5. The Kier molecular flexibility index (Phi) is 6.59. The van der Waals surface area contributed by atoms with Crippen molar-refractivity contribution in [3.8, 4) is 22.8 Å². The molecule has 0 atom stereocenters. The summed E-state index contributed by atoms with van der Waals surface area (Å²) in [6.07, 6.45) is -0.158. The van der Waals surface area contributed by atoms with E-state index in [1.807, 2.05) is 54.8 Å². The number of esters is 1. The van der Waals surface area contributed by atoms with Crippen LogP contribution >= 0.6 is 23.4 Å². The van der Waals surface area contributed by atoms with Crippen molar-refractivity contribution in [1.29, 1.82) is 0 Å². The van der Waals surface area contributed by atoms with E-state index in [9.17, 15) is 4.79 Å². The Morgan fingerprint density at radius 2 is 1.93 bits per heavy atom. The number of carbonyl (C=O) groups excluding carboxylic acids is 1. The van der Waals surface area contributed by atoms with Gasteiger partial charge in [0, 0.05) is 16.3 Å². The first kappa shape index (κ1) is 20.2. The van der Waals surface area contributed by atoms with Crippen molar-refractivity contribution < 1.29 is 14.3 Å². The van der Waals surface area contributed by atoms with Gasteiger partial charge >= 0.3 is 5.97 Å². The average Bonchev–Trinajstić information content (AvgIpc) is 3.10. The lowest BCUT2D eigenvalue weighted by atomic mass is 10.2. The molecule has 0 saturated carbocycles. The summed E-state index contributed by atoms with van der Waals surface area (Å²) >= 11 is 7.31. The molecule has 0 saturated heterocycles. The summed E-state index contributed by atoms with van der Waals surface area (Å²) < 4.78 is 12.4. The molecule has 3 rings (SSSR count). The van der Waals surface area contributed by atoms with Crippen LogP contribution in [-0.2, 0) is 9.53 Å². The van der Waals surface area contributed by atoms with Crippen LogP contribution in [0, 0.1) is 0 Å². The fraction of sp³-hybridized carbons (Fsp3) is 0.250. The third kappa shape index (κ3) is 4.85. The first-order valence-corrected chi connectivity index (χ1v) is 10.0. The van der Waals surface area contributed by atoms with Gasteiger partial charge < -0.3 is 9.47 Å². The van der Waals surface area contributed by atoms with Crippen LogP contribution in [0.25, 0.3) is 17.1 Å². The molecule has 0 spiro atoms. The molecule has 0 aliphatic rings. The van der Waals surface area contributed by atoms with Gasteiger partial charge in [-0.25, -0.2) is 0 Å². The number of rotatable bonds is 7. The SMILES string of the molecule is COc1cccc(-c2nnc(SCC(=O)OC(C)C)n2-c2ccc(Cl)cc2)c1. The van der Waals surface area contributed by atoms with E-state index < -0.39 is 0 Å². The van der Waals surface area contributed by atoms with Crippen LogP contribution < -0.4 is 4.74 Å². The second-order valence-corrected chi connectivity index (χ2v) is 7.56.